The van der Waals surface area contributed by atoms with Crippen LogP contribution < -0.4 is 0 Å². The molecule has 3 unspecified atom stereocenters. The standard InChI is InChI=1S/C28H45P/c1-5-9-19(2)26-22(25-11-8-17-29-25)18-24-21-13-12-20-10-6-7-15-27(20,3)23(21)14-16-28(24,26)4/h8,11,17,19-24,26,29H,5-7,9-10,12-16,18H2,1-4H3/t19-,20?,21-,22?,23+,24+,26+,27+,28+/m1/s1. The molecule has 162 valence electrons. The van der Waals surface area contributed by atoms with E-state index in [2.05, 4.69) is 45.6 Å². The lowest BCUT2D eigenvalue weighted by atomic mass is 9.44. The molecule has 0 saturated heterocycles. The third-order valence-corrected chi connectivity index (χ3v) is 12.3. The Hall–Kier alpha value is -0.220. The Bertz CT molecular complexity index is 691. The highest BCUT2D eigenvalue weighted by atomic mass is 31.0. The van der Waals surface area contributed by atoms with Crippen LogP contribution in [0, 0.1) is 46.3 Å². The van der Waals surface area contributed by atoms with E-state index in [1.165, 1.54) is 44.9 Å². The van der Waals surface area contributed by atoms with Gasteiger partial charge in [0.25, 0.3) is 0 Å². The summed E-state index contributed by atoms with van der Waals surface area (Å²) in [6, 6.07) is 4.88. The van der Waals surface area contributed by atoms with Crippen LogP contribution in [0.15, 0.2) is 17.9 Å². The summed E-state index contributed by atoms with van der Waals surface area (Å²) < 4.78 is 0. The highest BCUT2D eigenvalue weighted by molar-refractivity contribution is 7.30. The summed E-state index contributed by atoms with van der Waals surface area (Å²) in [6.45, 7) is 10.5. The fraction of sp³-hybridized carbons (Fsp3) is 0.857. The first kappa shape index (κ1) is 20.7. The summed E-state index contributed by atoms with van der Waals surface area (Å²) in [5, 5.41) is 1.82. The number of hydrogen-bond donors (Lipinski definition) is 0. The van der Waals surface area contributed by atoms with Crippen molar-refractivity contribution >= 4 is 8.19 Å². The average molecular weight is 413 g/mol. The lowest BCUT2D eigenvalue weighted by Gasteiger charge is -2.61. The monoisotopic (exact) mass is 412 g/mol. The lowest BCUT2D eigenvalue weighted by molar-refractivity contribution is -0.114. The maximum absolute atomic E-state index is 2.77. The van der Waals surface area contributed by atoms with Crippen LogP contribution in [0.25, 0.3) is 0 Å². The smallest absolute Gasteiger partial charge is 0.00878 e. The van der Waals surface area contributed by atoms with E-state index in [0.717, 1.165) is 49.6 Å². The lowest BCUT2D eigenvalue weighted by Crippen LogP contribution is -2.53. The van der Waals surface area contributed by atoms with Crippen LogP contribution in [-0.4, -0.2) is 0 Å². The van der Waals surface area contributed by atoms with Gasteiger partial charge in [-0.1, -0.05) is 65.5 Å². The second-order valence-electron chi connectivity index (χ2n) is 12.2. The minimum atomic E-state index is 0.603. The molecule has 4 aliphatic carbocycles. The Kier molecular flexibility index (Phi) is 5.51. The molecule has 4 fully saturated rings. The van der Waals surface area contributed by atoms with Crippen LogP contribution in [0.2, 0.25) is 0 Å². The van der Waals surface area contributed by atoms with Crippen molar-refractivity contribution in [2.45, 2.75) is 104 Å². The molecule has 1 heteroatoms. The van der Waals surface area contributed by atoms with Crippen molar-refractivity contribution in [3.05, 3.63) is 23.2 Å². The van der Waals surface area contributed by atoms with E-state index in [1.54, 1.807) is 25.7 Å². The summed E-state index contributed by atoms with van der Waals surface area (Å²) >= 11 is 0. The second kappa shape index (κ2) is 7.73. The van der Waals surface area contributed by atoms with Crippen molar-refractivity contribution in [2.24, 2.45) is 46.3 Å². The van der Waals surface area contributed by atoms with Crippen LogP contribution in [0.5, 0.6) is 0 Å². The zero-order valence-electron chi connectivity index (χ0n) is 19.6. The van der Waals surface area contributed by atoms with Gasteiger partial charge in [-0.05, 0) is 108 Å². The molecule has 10 atom stereocenters. The average Bonchev–Trinajstić information content (AvgIpc) is 3.33. The molecule has 0 amide bonds. The summed E-state index contributed by atoms with van der Waals surface area (Å²) in [5.74, 6) is 9.28. The Morgan fingerprint density at radius 2 is 1.90 bits per heavy atom. The minimum Gasteiger partial charge on any atom is -0.136 e. The molecule has 1 aromatic rings. The van der Waals surface area contributed by atoms with Gasteiger partial charge in [0.2, 0.25) is 0 Å². The molecule has 0 radical (unpaired) electrons. The van der Waals surface area contributed by atoms with E-state index in [0.29, 0.717) is 10.8 Å². The van der Waals surface area contributed by atoms with Crippen molar-refractivity contribution in [1.29, 1.82) is 0 Å². The van der Waals surface area contributed by atoms with Crippen molar-refractivity contribution < 1.29 is 0 Å². The van der Waals surface area contributed by atoms with Gasteiger partial charge in [0, 0.05) is 0 Å². The molecule has 1 aromatic heterocycles. The molecule has 29 heavy (non-hydrogen) atoms. The first-order chi connectivity index (χ1) is 14.0. The molecule has 0 nitrogen and oxygen atoms in total. The molecule has 0 aliphatic heterocycles. The van der Waals surface area contributed by atoms with Crippen LogP contribution in [0.3, 0.4) is 0 Å². The Labute approximate surface area is 182 Å². The van der Waals surface area contributed by atoms with Crippen molar-refractivity contribution in [1.82, 2.24) is 0 Å². The maximum atomic E-state index is 2.77. The summed E-state index contributed by atoms with van der Waals surface area (Å²) in [6.07, 6.45) is 16.6. The maximum Gasteiger partial charge on any atom is -0.00878 e. The Balaban J connectivity index is 1.49. The Morgan fingerprint density at radius 3 is 2.66 bits per heavy atom. The number of rotatable bonds is 4. The molecule has 1 heterocycles. The SMILES string of the molecule is CCC[C@@H](C)[C@H]1C(c2ccc[pH]2)C[C@H]2[C@@H]3CCC4CCCC[C@]4(C)[C@H]3CC[C@]12C. The van der Waals surface area contributed by atoms with Gasteiger partial charge in [0.1, 0.15) is 0 Å². The van der Waals surface area contributed by atoms with E-state index in [4.69, 9.17) is 0 Å². The van der Waals surface area contributed by atoms with E-state index in [9.17, 15) is 0 Å². The predicted molar refractivity (Wildman–Crippen MR) is 128 cm³/mol. The first-order valence-electron chi connectivity index (χ1n) is 13.1. The fourth-order valence-corrected chi connectivity index (χ4v) is 11.0. The molecule has 0 aromatic carbocycles. The van der Waals surface area contributed by atoms with E-state index in [-0.39, 0.29) is 0 Å². The van der Waals surface area contributed by atoms with Crippen molar-refractivity contribution in [2.75, 3.05) is 0 Å². The molecule has 4 aliphatic rings. The molecular weight excluding hydrogens is 367 g/mol. The van der Waals surface area contributed by atoms with E-state index < -0.39 is 0 Å². The molecule has 0 spiro atoms. The third-order valence-electron chi connectivity index (χ3n) is 11.1. The van der Waals surface area contributed by atoms with Crippen molar-refractivity contribution in [3.8, 4) is 0 Å². The molecular formula is C28H45P. The number of hydrogen-bond acceptors (Lipinski definition) is 0. The zero-order chi connectivity index (χ0) is 20.2. The van der Waals surface area contributed by atoms with Gasteiger partial charge in [-0.3, -0.25) is 0 Å². The summed E-state index contributed by atoms with van der Waals surface area (Å²) in [7, 11) is 0.979. The van der Waals surface area contributed by atoms with Gasteiger partial charge >= 0.3 is 0 Å². The van der Waals surface area contributed by atoms with Crippen molar-refractivity contribution in [3.63, 3.8) is 0 Å². The number of fused-ring (bicyclic) bond motifs is 5. The second-order valence-corrected chi connectivity index (χ2v) is 13.4. The fourth-order valence-electron chi connectivity index (χ4n) is 9.96. The van der Waals surface area contributed by atoms with Crippen LogP contribution in [0.4, 0.5) is 0 Å². The van der Waals surface area contributed by atoms with E-state index in [1.807, 2.05) is 5.30 Å². The summed E-state index contributed by atoms with van der Waals surface area (Å²) in [4.78, 5) is 0. The molecule has 0 bridgehead atoms. The first-order valence-corrected chi connectivity index (χ1v) is 14.2. The van der Waals surface area contributed by atoms with Gasteiger partial charge in [-0.2, -0.15) is 0 Å². The van der Waals surface area contributed by atoms with Crippen LogP contribution >= 0.6 is 8.19 Å². The molecule has 4 saturated carbocycles. The predicted octanol–water partition coefficient (Wildman–Crippen LogP) is 8.90. The van der Waals surface area contributed by atoms with Gasteiger partial charge in [0.05, 0.1) is 0 Å². The van der Waals surface area contributed by atoms with Gasteiger partial charge in [0.15, 0.2) is 0 Å². The van der Waals surface area contributed by atoms with Crippen LogP contribution in [-0.2, 0) is 0 Å². The summed E-state index contributed by atoms with van der Waals surface area (Å²) in [5.41, 5.74) is 1.28. The van der Waals surface area contributed by atoms with E-state index >= 15 is 0 Å². The third kappa shape index (κ3) is 3.13. The quantitative estimate of drug-likeness (QED) is 0.463. The zero-order valence-corrected chi connectivity index (χ0v) is 20.6. The normalized spacial score (nSPS) is 48.1. The Morgan fingerprint density at radius 1 is 1.03 bits per heavy atom. The highest BCUT2D eigenvalue weighted by Crippen LogP contribution is 2.71. The van der Waals surface area contributed by atoms with Crippen LogP contribution in [0.1, 0.15) is 110 Å². The molecule has 0 N–H and O–H groups in total. The highest BCUT2D eigenvalue weighted by Gasteiger charge is 2.62. The largest absolute Gasteiger partial charge is 0.136 e. The van der Waals surface area contributed by atoms with Gasteiger partial charge in [-0.25, -0.2) is 0 Å². The van der Waals surface area contributed by atoms with Gasteiger partial charge in [-0.15, -0.1) is 8.19 Å². The topological polar surface area (TPSA) is 0 Å². The molecule has 5 rings (SSSR count). The minimum absolute atomic E-state index is 0.603. The van der Waals surface area contributed by atoms with Gasteiger partial charge < -0.3 is 0 Å².